The number of hydrogen-bond acceptors (Lipinski definition) is 6. The van der Waals surface area contributed by atoms with Crippen molar-refractivity contribution in [3.8, 4) is 0 Å². The van der Waals surface area contributed by atoms with E-state index in [0.29, 0.717) is 19.3 Å². The average molecular weight is 1020 g/mol. The van der Waals surface area contributed by atoms with E-state index >= 15 is 0 Å². The first kappa shape index (κ1) is 70.1. The summed E-state index contributed by atoms with van der Waals surface area (Å²) < 4.78 is 16.9. The highest BCUT2D eigenvalue weighted by molar-refractivity contribution is 5.71. The number of esters is 3. The second kappa shape index (κ2) is 61.7. The molecule has 0 aliphatic rings. The quantitative estimate of drug-likeness (QED) is 0.0261. The van der Waals surface area contributed by atoms with Gasteiger partial charge < -0.3 is 14.2 Å². The molecule has 0 aliphatic heterocycles. The summed E-state index contributed by atoms with van der Waals surface area (Å²) in [5.74, 6) is -0.874. The van der Waals surface area contributed by atoms with E-state index in [-0.39, 0.29) is 31.1 Å². The Morgan fingerprint density at radius 2 is 0.534 bits per heavy atom. The van der Waals surface area contributed by atoms with E-state index in [1.807, 2.05) is 0 Å². The summed E-state index contributed by atoms with van der Waals surface area (Å²) in [6.07, 6.45) is 77.9. The van der Waals surface area contributed by atoms with Crippen molar-refractivity contribution >= 4 is 17.9 Å². The van der Waals surface area contributed by atoms with E-state index in [4.69, 9.17) is 14.2 Å². The molecule has 0 aliphatic carbocycles. The molecule has 0 N–H and O–H groups in total. The van der Waals surface area contributed by atoms with Crippen LogP contribution in [0.3, 0.4) is 0 Å². The lowest BCUT2D eigenvalue weighted by molar-refractivity contribution is -0.167. The maximum Gasteiger partial charge on any atom is 0.306 e. The van der Waals surface area contributed by atoms with Gasteiger partial charge in [0.05, 0.1) is 0 Å². The summed E-state index contributed by atoms with van der Waals surface area (Å²) in [4.78, 5) is 38.3. The van der Waals surface area contributed by atoms with Gasteiger partial charge in [-0.2, -0.15) is 0 Å². The van der Waals surface area contributed by atoms with Gasteiger partial charge in [-0.3, -0.25) is 14.4 Å². The van der Waals surface area contributed by atoms with Crippen LogP contribution in [0.2, 0.25) is 0 Å². The summed E-state index contributed by atoms with van der Waals surface area (Å²) in [5.41, 5.74) is 0. The Kier molecular flexibility index (Phi) is 59.2. The number of unbranched alkanes of at least 4 members (excludes halogenated alkanes) is 37. The van der Waals surface area contributed by atoms with Crippen molar-refractivity contribution in [2.45, 2.75) is 335 Å². The number of ether oxygens (including phenoxy) is 3. The van der Waals surface area contributed by atoms with Crippen LogP contribution in [0.5, 0.6) is 0 Å². The summed E-state index contributed by atoms with van der Waals surface area (Å²) in [5, 5.41) is 0. The van der Waals surface area contributed by atoms with Crippen molar-refractivity contribution in [1.82, 2.24) is 0 Å². The number of carbonyl (C=O) groups is 3. The van der Waals surface area contributed by atoms with Gasteiger partial charge in [0.2, 0.25) is 0 Å². The van der Waals surface area contributed by atoms with Crippen LogP contribution in [0.25, 0.3) is 0 Å². The fourth-order valence-corrected chi connectivity index (χ4v) is 9.25. The predicted octanol–water partition coefficient (Wildman–Crippen LogP) is 21.6. The van der Waals surface area contributed by atoms with E-state index in [1.165, 1.54) is 193 Å². The lowest BCUT2D eigenvalue weighted by Crippen LogP contribution is -2.30. The van der Waals surface area contributed by atoms with Gasteiger partial charge in [0.15, 0.2) is 6.10 Å². The van der Waals surface area contributed by atoms with E-state index < -0.39 is 6.10 Å². The molecule has 0 heterocycles. The molecule has 1 unspecified atom stereocenters. The molecule has 73 heavy (non-hydrogen) atoms. The van der Waals surface area contributed by atoms with Crippen LogP contribution in [0.1, 0.15) is 329 Å². The monoisotopic (exact) mass is 1020 g/mol. The molecule has 6 heteroatoms. The molecule has 6 nitrogen and oxygen atoms in total. The zero-order chi connectivity index (χ0) is 52.9. The van der Waals surface area contributed by atoms with Crippen LogP contribution >= 0.6 is 0 Å². The van der Waals surface area contributed by atoms with Crippen molar-refractivity contribution in [3.05, 3.63) is 60.8 Å². The third kappa shape index (κ3) is 59.9. The molecule has 0 radical (unpaired) electrons. The molecule has 0 fully saturated rings. The second-order valence-corrected chi connectivity index (χ2v) is 21.3. The van der Waals surface area contributed by atoms with E-state index in [9.17, 15) is 14.4 Å². The Labute approximate surface area is 453 Å². The highest BCUT2D eigenvalue weighted by Crippen LogP contribution is 2.17. The molecule has 0 rings (SSSR count). The van der Waals surface area contributed by atoms with Gasteiger partial charge in [-0.15, -0.1) is 0 Å². The van der Waals surface area contributed by atoms with Crippen LogP contribution in [0.15, 0.2) is 60.8 Å². The van der Waals surface area contributed by atoms with Crippen molar-refractivity contribution in [3.63, 3.8) is 0 Å². The van der Waals surface area contributed by atoms with Crippen LogP contribution in [-0.4, -0.2) is 37.2 Å². The van der Waals surface area contributed by atoms with Crippen molar-refractivity contribution < 1.29 is 28.6 Å². The van der Waals surface area contributed by atoms with E-state index in [0.717, 1.165) is 96.3 Å². The number of carbonyl (C=O) groups excluding carboxylic acids is 3. The van der Waals surface area contributed by atoms with Crippen molar-refractivity contribution in [1.29, 1.82) is 0 Å². The highest BCUT2D eigenvalue weighted by Gasteiger charge is 2.19. The summed E-state index contributed by atoms with van der Waals surface area (Å²) >= 11 is 0. The number of allylic oxidation sites excluding steroid dienone is 10. The van der Waals surface area contributed by atoms with Gasteiger partial charge >= 0.3 is 17.9 Å². The van der Waals surface area contributed by atoms with Crippen LogP contribution in [0, 0.1) is 0 Å². The molecule has 0 aromatic rings. The fraction of sp³-hybridized carbons (Fsp3) is 0.806. The zero-order valence-electron chi connectivity index (χ0n) is 48.7. The molecule has 0 aromatic heterocycles. The number of rotatable bonds is 58. The lowest BCUT2D eigenvalue weighted by atomic mass is 10.0. The third-order valence-corrected chi connectivity index (χ3v) is 14.0. The molecule has 1 atom stereocenters. The molecule has 0 bridgehead atoms. The molecule has 0 saturated carbocycles. The molecule has 0 amide bonds. The first-order valence-corrected chi connectivity index (χ1v) is 31.8. The Morgan fingerprint density at radius 1 is 0.288 bits per heavy atom. The maximum absolute atomic E-state index is 12.9. The van der Waals surface area contributed by atoms with E-state index in [2.05, 4.69) is 81.5 Å². The Bertz CT molecular complexity index is 1310. The minimum absolute atomic E-state index is 0.0778. The van der Waals surface area contributed by atoms with Gasteiger partial charge in [0.25, 0.3) is 0 Å². The van der Waals surface area contributed by atoms with Gasteiger partial charge in [0.1, 0.15) is 13.2 Å². The highest BCUT2D eigenvalue weighted by atomic mass is 16.6. The molecule has 0 spiro atoms. The molecule has 424 valence electrons. The zero-order valence-corrected chi connectivity index (χ0v) is 48.7. The van der Waals surface area contributed by atoms with Crippen LogP contribution in [0.4, 0.5) is 0 Å². The summed E-state index contributed by atoms with van der Waals surface area (Å²) in [6, 6.07) is 0. The predicted molar refractivity (Wildman–Crippen MR) is 316 cm³/mol. The standard InChI is InChI=1S/C67H120O6/c1-4-7-10-13-16-19-22-25-28-31-33-34-35-37-39-42-45-48-51-54-57-60-66(69)72-63-64(62-71-65(68)59-56-53-50-47-44-41-38-30-27-24-21-18-15-12-9-6-3)73-67(70)61-58-55-52-49-46-43-40-36-32-29-26-23-20-17-14-11-8-5-2/h7,10,16,19,25,28,30,33-34,38,64H,4-6,8-9,11-15,17-18,20-24,26-27,29,31-32,35-37,39-63H2,1-3H3/b10-7-,19-16-,28-25-,34-33-,38-30-. The van der Waals surface area contributed by atoms with Crippen molar-refractivity contribution in [2.75, 3.05) is 13.2 Å². The Morgan fingerprint density at radius 3 is 0.849 bits per heavy atom. The summed E-state index contributed by atoms with van der Waals surface area (Å²) in [6.45, 7) is 6.56. The Hall–Kier alpha value is -2.89. The van der Waals surface area contributed by atoms with Gasteiger partial charge in [-0.05, 0) is 83.5 Å². The van der Waals surface area contributed by atoms with Gasteiger partial charge in [0, 0.05) is 19.3 Å². The fourth-order valence-electron chi connectivity index (χ4n) is 9.25. The third-order valence-electron chi connectivity index (χ3n) is 14.0. The van der Waals surface area contributed by atoms with Crippen LogP contribution < -0.4 is 0 Å². The summed E-state index contributed by atoms with van der Waals surface area (Å²) in [7, 11) is 0. The van der Waals surface area contributed by atoms with Crippen molar-refractivity contribution in [2.24, 2.45) is 0 Å². The lowest BCUT2D eigenvalue weighted by Gasteiger charge is -2.18. The molecule has 0 aromatic carbocycles. The second-order valence-electron chi connectivity index (χ2n) is 21.3. The minimum atomic E-state index is -0.780. The largest absolute Gasteiger partial charge is 0.462 e. The smallest absolute Gasteiger partial charge is 0.306 e. The molecular weight excluding hydrogens is 901 g/mol. The van der Waals surface area contributed by atoms with Crippen LogP contribution in [-0.2, 0) is 28.6 Å². The maximum atomic E-state index is 12.9. The molecular formula is C67H120O6. The topological polar surface area (TPSA) is 78.9 Å². The molecule has 0 saturated heterocycles. The van der Waals surface area contributed by atoms with Gasteiger partial charge in [-0.25, -0.2) is 0 Å². The van der Waals surface area contributed by atoms with Gasteiger partial charge in [-0.1, -0.05) is 287 Å². The average Bonchev–Trinajstić information content (AvgIpc) is 3.39. The number of hydrogen-bond donors (Lipinski definition) is 0. The minimum Gasteiger partial charge on any atom is -0.462 e. The first-order chi connectivity index (χ1) is 36.0. The first-order valence-electron chi connectivity index (χ1n) is 31.8. The van der Waals surface area contributed by atoms with E-state index in [1.54, 1.807) is 0 Å². The SMILES string of the molecule is CC/C=C\C/C=C\C/C=C\C/C=C\CCCCCCCCCCC(=O)OCC(COC(=O)CCCCCCC/C=C\CCCCCCCCC)OC(=O)CCCCCCCCCCCCCCCCCCCC. The Balaban J connectivity index is 4.36. The normalized spacial score (nSPS) is 12.4.